The maximum atomic E-state index is 11.9. The molecule has 0 aromatic carbocycles. The summed E-state index contributed by atoms with van der Waals surface area (Å²) in [6.07, 6.45) is 4.16. The maximum Gasteiger partial charge on any atom is 0.239 e. The lowest BCUT2D eigenvalue weighted by molar-refractivity contribution is -0.131. The molecule has 9 heteroatoms. The first-order valence-corrected chi connectivity index (χ1v) is 8.51. The third-order valence-corrected chi connectivity index (χ3v) is 3.56. The number of hydrogen-bond donors (Lipinski definition) is 3. The van der Waals surface area contributed by atoms with Gasteiger partial charge in [-0.25, -0.2) is 8.42 Å². The Morgan fingerprint density at radius 1 is 1.40 bits per heavy atom. The molecule has 20 heavy (non-hydrogen) atoms. The largest absolute Gasteiger partial charge is 0.369 e. The Bertz CT molecular complexity index is 457. The first kappa shape index (κ1) is 16.7. The van der Waals surface area contributed by atoms with E-state index in [0.717, 1.165) is 32.2 Å². The van der Waals surface area contributed by atoms with Crippen molar-refractivity contribution in [2.24, 2.45) is 16.5 Å². The summed E-state index contributed by atoms with van der Waals surface area (Å²) < 4.78 is 23.8. The Hall–Kier alpha value is -1.35. The Balaban J connectivity index is 2.26. The standard InChI is InChI=1S/C11H23N5O3S/c1-20(18,19)15-11(13)14-6-4-5-9(12)10(17)16-7-2-3-8-16/h9H,2-8,12H2,1H3,(H3,13,14,15). The van der Waals surface area contributed by atoms with Gasteiger partial charge in [0.2, 0.25) is 21.9 Å². The second-order valence-corrected chi connectivity index (χ2v) is 6.67. The van der Waals surface area contributed by atoms with E-state index in [1.165, 1.54) is 0 Å². The fourth-order valence-corrected chi connectivity index (χ4v) is 2.47. The summed E-state index contributed by atoms with van der Waals surface area (Å²) in [6, 6.07) is -0.521. The number of likely N-dealkylation sites (tertiary alicyclic amines) is 1. The summed E-state index contributed by atoms with van der Waals surface area (Å²) in [5, 5.41) is 0. The van der Waals surface area contributed by atoms with E-state index in [2.05, 4.69) is 9.71 Å². The highest BCUT2D eigenvalue weighted by molar-refractivity contribution is 7.89. The molecule has 1 fully saturated rings. The fourth-order valence-electron chi connectivity index (χ4n) is 2.03. The minimum Gasteiger partial charge on any atom is -0.369 e. The molecule has 0 bridgehead atoms. The van der Waals surface area contributed by atoms with Crippen LogP contribution in [0, 0.1) is 0 Å². The van der Waals surface area contributed by atoms with Gasteiger partial charge >= 0.3 is 0 Å². The molecule has 1 aliphatic heterocycles. The van der Waals surface area contributed by atoms with Gasteiger partial charge in [0.15, 0.2) is 0 Å². The lowest BCUT2D eigenvalue weighted by atomic mass is 10.1. The molecule has 8 nitrogen and oxygen atoms in total. The summed E-state index contributed by atoms with van der Waals surface area (Å²) in [6.45, 7) is 1.90. The van der Waals surface area contributed by atoms with Crippen LogP contribution in [0.5, 0.6) is 0 Å². The summed E-state index contributed by atoms with van der Waals surface area (Å²) in [5.74, 6) is -0.166. The molecule has 1 unspecified atom stereocenters. The normalized spacial score (nSPS) is 18.1. The number of sulfonamides is 1. The van der Waals surface area contributed by atoms with E-state index >= 15 is 0 Å². The van der Waals surface area contributed by atoms with Crippen molar-refractivity contribution in [2.75, 3.05) is 25.9 Å². The summed E-state index contributed by atoms with van der Waals surface area (Å²) in [5.41, 5.74) is 11.2. The zero-order chi connectivity index (χ0) is 15.2. The Morgan fingerprint density at radius 3 is 2.55 bits per heavy atom. The molecular weight excluding hydrogens is 282 g/mol. The molecule has 116 valence electrons. The molecule has 0 aromatic heterocycles. The van der Waals surface area contributed by atoms with E-state index in [0.29, 0.717) is 19.4 Å². The number of nitrogens with two attached hydrogens (primary N) is 2. The Morgan fingerprint density at radius 2 is 2.00 bits per heavy atom. The predicted molar refractivity (Wildman–Crippen MR) is 77.5 cm³/mol. The second kappa shape index (κ2) is 7.44. The number of hydrogen-bond acceptors (Lipinski definition) is 5. The van der Waals surface area contributed by atoms with Gasteiger partial charge in [-0.2, -0.15) is 0 Å². The molecule has 0 aromatic rings. The van der Waals surface area contributed by atoms with Crippen molar-refractivity contribution >= 4 is 21.9 Å². The van der Waals surface area contributed by atoms with Crippen molar-refractivity contribution in [2.45, 2.75) is 31.7 Å². The van der Waals surface area contributed by atoms with E-state index in [9.17, 15) is 13.2 Å². The van der Waals surface area contributed by atoms with Gasteiger partial charge in [-0.1, -0.05) is 0 Å². The van der Waals surface area contributed by atoms with Crippen molar-refractivity contribution in [1.29, 1.82) is 0 Å². The number of aliphatic imine (C=N–C) groups is 1. The quantitative estimate of drug-likeness (QED) is 0.315. The van der Waals surface area contributed by atoms with Gasteiger partial charge in [0, 0.05) is 19.6 Å². The van der Waals surface area contributed by atoms with Gasteiger partial charge in [0.05, 0.1) is 12.3 Å². The first-order valence-electron chi connectivity index (χ1n) is 6.61. The lowest BCUT2D eigenvalue weighted by Gasteiger charge is -2.19. The first-order chi connectivity index (χ1) is 9.29. The highest BCUT2D eigenvalue weighted by atomic mass is 32.2. The number of carbonyl (C=O) groups excluding carboxylic acids is 1. The maximum absolute atomic E-state index is 11.9. The van der Waals surface area contributed by atoms with Gasteiger partial charge in [-0.3, -0.25) is 14.5 Å². The van der Waals surface area contributed by atoms with E-state index < -0.39 is 16.1 Å². The molecule has 0 spiro atoms. The van der Waals surface area contributed by atoms with Crippen LogP contribution in [0.1, 0.15) is 25.7 Å². The predicted octanol–water partition coefficient (Wildman–Crippen LogP) is -1.42. The SMILES string of the molecule is CS(=O)(=O)NC(N)=NCCCC(N)C(=O)N1CCCC1. The molecule has 1 heterocycles. The minimum atomic E-state index is -3.39. The van der Waals surface area contributed by atoms with Crippen LogP contribution in [0.2, 0.25) is 0 Å². The second-order valence-electron chi connectivity index (χ2n) is 4.92. The van der Waals surface area contributed by atoms with Gasteiger partial charge in [0.1, 0.15) is 0 Å². The molecule has 1 rings (SSSR count). The molecule has 5 N–H and O–H groups in total. The number of nitrogens with one attached hydrogen (secondary N) is 1. The van der Waals surface area contributed by atoms with Crippen molar-refractivity contribution in [3.8, 4) is 0 Å². The number of nitrogens with zero attached hydrogens (tertiary/aromatic N) is 2. The molecule has 0 aliphatic carbocycles. The monoisotopic (exact) mass is 305 g/mol. The summed E-state index contributed by atoms with van der Waals surface area (Å²) in [4.78, 5) is 17.6. The number of amides is 1. The smallest absolute Gasteiger partial charge is 0.239 e. The van der Waals surface area contributed by atoms with Gasteiger partial charge in [0.25, 0.3) is 0 Å². The van der Waals surface area contributed by atoms with Crippen LogP contribution >= 0.6 is 0 Å². The van der Waals surface area contributed by atoms with Crippen molar-refractivity contribution in [3.05, 3.63) is 0 Å². The van der Waals surface area contributed by atoms with Crippen LogP contribution < -0.4 is 16.2 Å². The van der Waals surface area contributed by atoms with Gasteiger partial charge < -0.3 is 16.4 Å². The number of rotatable bonds is 6. The summed E-state index contributed by atoms with van der Waals surface area (Å²) in [7, 11) is -3.39. The average Bonchev–Trinajstić information content (AvgIpc) is 2.84. The highest BCUT2D eigenvalue weighted by Gasteiger charge is 2.22. The van der Waals surface area contributed by atoms with Crippen LogP contribution in [0.3, 0.4) is 0 Å². The molecule has 0 saturated carbocycles. The lowest BCUT2D eigenvalue weighted by Crippen LogP contribution is -2.42. The Labute approximate surface area is 119 Å². The zero-order valence-corrected chi connectivity index (χ0v) is 12.5. The zero-order valence-electron chi connectivity index (χ0n) is 11.7. The average molecular weight is 305 g/mol. The van der Waals surface area contributed by atoms with Crippen LogP contribution in [0.15, 0.2) is 4.99 Å². The number of guanidine groups is 1. The number of carbonyl (C=O) groups is 1. The fraction of sp³-hybridized carbons (Fsp3) is 0.818. The third kappa shape index (κ3) is 6.20. The molecule has 1 amide bonds. The summed E-state index contributed by atoms with van der Waals surface area (Å²) >= 11 is 0. The van der Waals surface area contributed by atoms with E-state index in [1.54, 1.807) is 4.90 Å². The van der Waals surface area contributed by atoms with E-state index in [4.69, 9.17) is 11.5 Å². The van der Waals surface area contributed by atoms with Gasteiger partial charge in [-0.15, -0.1) is 0 Å². The Kier molecular flexibility index (Phi) is 6.21. The molecule has 0 radical (unpaired) electrons. The van der Waals surface area contributed by atoms with E-state index in [-0.39, 0.29) is 11.9 Å². The minimum absolute atomic E-state index is 0.0197. The van der Waals surface area contributed by atoms with Crippen LogP contribution in [-0.2, 0) is 14.8 Å². The third-order valence-electron chi connectivity index (χ3n) is 2.98. The molecular formula is C11H23N5O3S. The highest BCUT2D eigenvalue weighted by Crippen LogP contribution is 2.10. The van der Waals surface area contributed by atoms with Gasteiger partial charge in [-0.05, 0) is 25.7 Å². The van der Waals surface area contributed by atoms with Crippen molar-refractivity contribution < 1.29 is 13.2 Å². The molecule has 1 atom stereocenters. The topological polar surface area (TPSA) is 131 Å². The van der Waals surface area contributed by atoms with Crippen molar-refractivity contribution in [1.82, 2.24) is 9.62 Å². The van der Waals surface area contributed by atoms with E-state index in [1.807, 2.05) is 0 Å². The van der Waals surface area contributed by atoms with Crippen molar-refractivity contribution in [3.63, 3.8) is 0 Å². The van der Waals surface area contributed by atoms with Crippen LogP contribution in [0.4, 0.5) is 0 Å². The molecule has 1 aliphatic rings. The van der Waals surface area contributed by atoms with Crippen LogP contribution in [-0.4, -0.2) is 57.1 Å². The molecule has 1 saturated heterocycles. The van der Waals surface area contributed by atoms with Crippen LogP contribution in [0.25, 0.3) is 0 Å².